The van der Waals surface area contributed by atoms with Gasteiger partial charge in [0.2, 0.25) is 5.76 Å². The topological polar surface area (TPSA) is 69.0 Å². The molecule has 5 rings (SSSR count). The van der Waals surface area contributed by atoms with Crippen LogP contribution in [0, 0.1) is 0 Å². The van der Waals surface area contributed by atoms with E-state index in [0.29, 0.717) is 56.6 Å². The monoisotopic (exact) mass is 509 g/mol. The van der Waals surface area contributed by atoms with Crippen molar-refractivity contribution in [3.05, 3.63) is 103 Å². The van der Waals surface area contributed by atoms with Gasteiger partial charge in [-0.15, -0.1) is 0 Å². The normalized spacial score (nSPS) is 14.9. The van der Waals surface area contributed by atoms with Crippen LogP contribution in [0.25, 0.3) is 11.0 Å². The molecule has 0 fully saturated rings. The van der Waals surface area contributed by atoms with Gasteiger partial charge in [-0.2, -0.15) is 0 Å². The number of nitrogens with zero attached hydrogens (tertiary/aromatic N) is 1. The van der Waals surface area contributed by atoms with Crippen LogP contribution in [-0.4, -0.2) is 31.6 Å². The first kappa shape index (κ1) is 23.3. The fraction of sp³-hybridized carbons (Fsp3) is 0.185. The number of halogens is 2. The highest BCUT2D eigenvalue weighted by Crippen LogP contribution is 2.40. The minimum atomic E-state index is -0.659. The lowest BCUT2D eigenvalue weighted by molar-refractivity contribution is 0.0730. The Hall–Kier alpha value is -3.48. The lowest BCUT2D eigenvalue weighted by Gasteiger charge is -2.25. The first-order valence-electron chi connectivity index (χ1n) is 11.0. The van der Waals surface area contributed by atoms with Crippen LogP contribution >= 0.6 is 23.2 Å². The first-order valence-corrected chi connectivity index (χ1v) is 11.7. The van der Waals surface area contributed by atoms with E-state index in [1.165, 1.54) is 0 Å². The summed E-state index contributed by atoms with van der Waals surface area (Å²) in [6.07, 6.45) is 0.519. The van der Waals surface area contributed by atoms with Crippen LogP contribution in [-0.2, 0) is 6.42 Å². The maximum atomic E-state index is 13.6. The fourth-order valence-electron chi connectivity index (χ4n) is 4.51. The fourth-order valence-corrected chi connectivity index (χ4v) is 4.82. The molecule has 1 aliphatic rings. The number of rotatable bonds is 6. The number of carbonyl (C=O) groups is 1. The Bertz CT molecular complexity index is 1510. The third kappa shape index (κ3) is 4.03. The van der Waals surface area contributed by atoms with Gasteiger partial charge in [0.05, 0.1) is 41.3 Å². The molecule has 35 heavy (non-hydrogen) atoms. The number of hydrogen-bond donors (Lipinski definition) is 0. The van der Waals surface area contributed by atoms with Gasteiger partial charge in [-0.25, -0.2) is 0 Å². The molecule has 0 N–H and O–H groups in total. The number of ether oxygens (including phenoxy) is 2. The molecule has 1 amide bonds. The zero-order valence-electron chi connectivity index (χ0n) is 19.0. The molecule has 178 valence electrons. The summed E-state index contributed by atoms with van der Waals surface area (Å²) < 4.78 is 16.7. The molecule has 1 unspecified atom stereocenters. The van der Waals surface area contributed by atoms with E-state index in [1.807, 2.05) is 18.2 Å². The average Bonchev–Trinajstić information content (AvgIpc) is 3.16. The van der Waals surface area contributed by atoms with E-state index in [0.717, 1.165) is 5.56 Å². The smallest absolute Gasteiger partial charge is 0.290 e. The van der Waals surface area contributed by atoms with Gasteiger partial charge in [0.1, 0.15) is 5.58 Å². The molecule has 3 aromatic carbocycles. The molecular weight excluding hydrogens is 489 g/mol. The molecule has 1 aromatic heterocycles. The van der Waals surface area contributed by atoms with Crippen molar-refractivity contribution in [2.45, 2.75) is 12.5 Å². The molecule has 2 heterocycles. The van der Waals surface area contributed by atoms with Gasteiger partial charge in [0.15, 0.2) is 16.9 Å². The van der Waals surface area contributed by atoms with E-state index >= 15 is 0 Å². The Kier molecular flexibility index (Phi) is 6.17. The van der Waals surface area contributed by atoms with Crippen molar-refractivity contribution in [2.75, 3.05) is 20.8 Å². The summed E-state index contributed by atoms with van der Waals surface area (Å²) in [7, 11) is 3.15. The Morgan fingerprint density at radius 2 is 1.69 bits per heavy atom. The van der Waals surface area contributed by atoms with Crippen LogP contribution in [0.2, 0.25) is 10.0 Å². The van der Waals surface area contributed by atoms with Gasteiger partial charge < -0.3 is 18.8 Å². The van der Waals surface area contributed by atoms with Crippen molar-refractivity contribution >= 4 is 40.1 Å². The van der Waals surface area contributed by atoms with E-state index in [9.17, 15) is 9.59 Å². The Labute approximate surface area is 211 Å². The molecule has 0 aliphatic carbocycles. The molecular formula is C27H21Cl2NO5. The molecule has 4 aromatic rings. The molecule has 0 saturated carbocycles. The largest absolute Gasteiger partial charge is 0.493 e. The zero-order chi connectivity index (χ0) is 24.7. The lowest BCUT2D eigenvalue weighted by atomic mass is 9.98. The van der Waals surface area contributed by atoms with Crippen molar-refractivity contribution in [1.82, 2.24) is 4.90 Å². The van der Waals surface area contributed by atoms with Gasteiger partial charge in [-0.3, -0.25) is 9.59 Å². The molecule has 1 atom stereocenters. The summed E-state index contributed by atoms with van der Waals surface area (Å²) in [4.78, 5) is 28.8. The molecule has 8 heteroatoms. The number of para-hydroxylation sites is 1. The highest BCUT2D eigenvalue weighted by molar-refractivity contribution is 6.42. The van der Waals surface area contributed by atoms with E-state index in [1.54, 1.807) is 61.6 Å². The number of fused-ring (bicyclic) bond motifs is 2. The van der Waals surface area contributed by atoms with Crippen LogP contribution in [0.15, 0.2) is 69.9 Å². The second-order valence-electron chi connectivity index (χ2n) is 8.18. The second-order valence-corrected chi connectivity index (χ2v) is 9.00. The summed E-state index contributed by atoms with van der Waals surface area (Å²) >= 11 is 12.5. The van der Waals surface area contributed by atoms with Gasteiger partial charge in [-0.05, 0) is 53.9 Å². The van der Waals surface area contributed by atoms with Gasteiger partial charge >= 0.3 is 0 Å². The third-order valence-electron chi connectivity index (χ3n) is 6.22. The quantitative estimate of drug-likeness (QED) is 0.323. The minimum absolute atomic E-state index is 0.0529. The summed E-state index contributed by atoms with van der Waals surface area (Å²) in [6.45, 7) is 0.333. The highest BCUT2D eigenvalue weighted by Gasteiger charge is 2.42. The first-order chi connectivity index (χ1) is 16.9. The van der Waals surface area contributed by atoms with Crippen molar-refractivity contribution in [2.24, 2.45) is 0 Å². The van der Waals surface area contributed by atoms with Crippen LogP contribution in [0.3, 0.4) is 0 Å². The van der Waals surface area contributed by atoms with Crippen molar-refractivity contribution < 1.29 is 18.7 Å². The van der Waals surface area contributed by atoms with Crippen LogP contribution in [0.4, 0.5) is 0 Å². The summed E-state index contributed by atoms with van der Waals surface area (Å²) in [6, 6.07) is 17.0. The lowest BCUT2D eigenvalue weighted by Crippen LogP contribution is -2.31. The highest BCUT2D eigenvalue weighted by atomic mass is 35.5. The summed E-state index contributed by atoms with van der Waals surface area (Å²) in [5.74, 6) is 0.928. The predicted octanol–water partition coefficient (Wildman–Crippen LogP) is 5.90. The minimum Gasteiger partial charge on any atom is -0.493 e. The van der Waals surface area contributed by atoms with E-state index in [2.05, 4.69) is 0 Å². The zero-order valence-corrected chi connectivity index (χ0v) is 20.5. The summed E-state index contributed by atoms with van der Waals surface area (Å²) in [5, 5.41) is 1.16. The molecule has 0 bridgehead atoms. The number of benzene rings is 3. The molecule has 0 spiro atoms. The number of amides is 1. The van der Waals surface area contributed by atoms with E-state index in [-0.39, 0.29) is 17.1 Å². The predicted molar refractivity (Wildman–Crippen MR) is 135 cm³/mol. The molecule has 1 aliphatic heterocycles. The second kappa shape index (κ2) is 9.29. The standard InChI is InChI=1S/C27H21Cl2NO5/c1-33-21-10-7-15(13-22(21)34-2)11-12-30-24(16-8-9-18(28)19(29)14-16)23-25(31)17-5-3-4-6-20(17)35-26(23)27(30)32/h3-10,13-14,24H,11-12H2,1-2H3. The van der Waals surface area contributed by atoms with Gasteiger partial charge in [0, 0.05) is 6.54 Å². The Morgan fingerprint density at radius 1 is 0.914 bits per heavy atom. The van der Waals surface area contributed by atoms with E-state index in [4.69, 9.17) is 37.1 Å². The Morgan fingerprint density at radius 3 is 2.43 bits per heavy atom. The average molecular weight is 510 g/mol. The van der Waals surface area contributed by atoms with Crippen molar-refractivity contribution in [1.29, 1.82) is 0 Å². The van der Waals surface area contributed by atoms with Crippen molar-refractivity contribution in [3.63, 3.8) is 0 Å². The van der Waals surface area contributed by atoms with Crippen LogP contribution in [0.1, 0.15) is 33.3 Å². The molecule has 0 saturated heterocycles. The van der Waals surface area contributed by atoms with Gasteiger partial charge in [0.25, 0.3) is 5.91 Å². The maximum absolute atomic E-state index is 13.6. The molecule has 0 radical (unpaired) electrons. The van der Waals surface area contributed by atoms with E-state index < -0.39 is 6.04 Å². The van der Waals surface area contributed by atoms with Crippen LogP contribution in [0.5, 0.6) is 11.5 Å². The maximum Gasteiger partial charge on any atom is 0.290 e. The SMILES string of the molecule is COc1ccc(CCN2C(=O)c3oc4ccccc4c(=O)c3C2c2ccc(Cl)c(Cl)c2)cc1OC. The number of hydrogen-bond acceptors (Lipinski definition) is 5. The number of carbonyl (C=O) groups excluding carboxylic acids is 1. The van der Waals surface area contributed by atoms with Crippen LogP contribution < -0.4 is 14.9 Å². The third-order valence-corrected chi connectivity index (χ3v) is 6.96. The summed E-state index contributed by atoms with van der Waals surface area (Å²) in [5.41, 5.74) is 2.07. The molecule has 6 nitrogen and oxygen atoms in total. The number of methoxy groups -OCH3 is 2. The Balaban J connectivity index is 1.59. The van der Waals surface area contributed by atoms with Gasteiger partial charge in [-0.1, -0.05) is 47.5 Å². The van der Waals surface area contributed by atoms with Crippen molar-refractivity contribution in [3.8, 4) is 11.5 Å².